The van der Waals surface area contributed by atoms with Gasteiger partial charge in [-0.05, 0) is 42.4 Å². The summed E-state index contributed by atoms with van der Waals surface area (Å²) in [5.74, 6) is 1.43. The Kier molecular flexibility index (Phi) is 2.24. The normalized spacial score (nSPS) is 20.2. The Morgan fingerprint density at radius 2 is 2.00 bits per heavy atom. The number of hydrogen-bond acceptors (Lipinski definition) is 3. The number of amidine groups is 1. The zero-order valence-corrected chi connectivity index (χ0v) is 9.19. The van der Waals surface area contributed by atoms with E-state index in [1.165, 1.54) is 24.0 Å². The maximum absolute atomic E-state index is 5.61. The highest BCUT2D eigenvalue weighted by molar-refractivity contribution is 6.04. The summed E-state index contributed by atoms with van der Waals surface area (Å²) in [6, 6.07) is 8.70. The predicted molar refractivity (Wildman–Crippen MR) is 65.8 cm³/mol. The Bertz CT molecular complexity index is 470. The van der Waals surface area contributed by atoms with E-state index < -0.39 is 0 Å². The molecule has 0 amide bonds. The van der Waals surface area contributed by atoms with Crippen molar-refractivity contribution in [3.8, 4) is 0 Å². The summed E-state index contributed by atoms with van der Waals surface area (Å²) in [7, 11) is 0. The highest BCUT2D eigenvalue weighted by Crippen LogP contribution is 2.40. The van der Waals surface area contributed by atoms with Gasteiger partial charge in [0.2, 0.25) is 0 Å². The van der Waals surface area contributed by atoms with Crippen molar-refractivity contribution >= 4 is 11.5 Å². The van der Waals surface area contributed by atoms with Crippen LogP contribution in [0, 0.1) is 0 Å². The van der Waals surface area contributed by atoms with E-state index in [1.54, 1.807) is 0 Å². The summed E-state index contributed by atoms with van der Waals surface area (Å²) in [5.41, 5.74) is 9.33. The van der Waals surface area contributed by atoms with E-state index in [0.29, 0.717) is 5.84 Å². The summed E-state index contributed by atoms with van der Waals surface area (Å²) >= 11 is 0. The summed E-state index contributed by atoms with van der Waals surface area (Å²) in [6.45, 7) is 0. The molecule has 1 fully saturated rings. The Morgan fingerprint density at radius 3 is 2.69 bits per heavy atom. The van der Waals surface area contributed by atoms with Gasteiger partial charge in [0, 0.05) is 6.42 Å². The van der Waals surface area contributed by atoms with Crippen LogP contribution in [-0.4, -0.2) is 11.5 Å². The second-order valence-corrected chi connectivity index (χ2v) is 4.54. The fourth-order valence-electron chi connectivity index (χ4n) is 2.06. The van der Waals surface area contributed by atoms with Crippen molar-refractivity contribution in [3.05, 3.63) is 35.4 Å². The molecule has 0 unspecified atom stereocenters. The van der Waals surface area contributed by atoms with Gasteiger partial charge in [-0.3, -0.25) is 0 Å². The maximum atomic E-state index is 5.61. The van der Waals surface area contributed by atoms with Crippen molar-refractivity contribution in [2.45, 2.75) is 31.6 Å². The molecule has 3 heteroatoms. The third-order valence-corrected chi connectivity index (χ3v) is 3.19. The molecule has 82 valence electrons. The monoisotopic (exact) mass is 213 g/mol. The van der Waals surface area contributed by atoms with Crippen LogP contribution in [0.1, 0.15) is 42.7 Å². The summed E-state index contributed by atoms with van der Waals surface area (Å²) in [4.78, 5) is 0. The lowest BCUT2D eigenvalue weighted by atomic mass is 10.0. The first-order valence-electron chi connectivity index (χ1n) is 5.82. The van der Waals surface area contributed by atoms with Crippen LogP contribution in [0.25, 0.3) is 0 Å². The third kappa shape index (κ3) is 1.85. The number of hydrogen-bond donors (Lipinski definition) is 1. The minimum atomic E-state index is 0.641. The maximum Gasteiger partial charge on any atom is 0.122 e. The molecule has 1 saturated carbocycles. The standard InChI is InChI=1S/C13H15N3/c14-13-7-6-12(15-16-13)11-3-1-2-10(8-11)9-4-5-9/h1-3,8-9H,4-7H2,(H2,14,16). The topological polar surface area (TPSA) is 50.7 Å². The molecule has 3 nitrogen and oxygen atoms in total. The Hall–Kier alpha value is -1.64. The van der Waals surface area contributed by atoms with Crippen LogP contribution in [-0.2, 0) is 0 Å². The van der Waals surface area contributed by atoms with Crippen molar-refractivity contribution in [2.75, 3.05) is 0 Å². The SMILES string of the molecule is NC1=NN=C(c2cccc(C3CC3)c2)CC1. The zero-order chi connectivity index (χ0) is 11.0. The molecule has 0 radical (unpaired) electrons. The lowest BCUT2D eigenvalue weighted by Crippen LogP contribution is -2.17. The van der Waals surface area contributed by atoms with Crippen LogP contribution in [0.15, 0.2) is 34.5 Å². The molecule has 0 saturated heterocycles. The van der Waals surface area contributed by atoms with E-state index in [-0.39, 0.29) is 0 Å². The number of rotatable bonds is 2. The summed E-state index contributed by atoms with van der Waals surface area (Å²) in [6.07, 6.45) is 4.40. The van der Waals surface area contributed by atoms with E-state index >= 15 is 0 Å². The Balaban J connectivity index is 1.91. The van der Waals surface area contributed by atoms with Crippen LogP contribution in [0.4, 0.5) is 0 Å². The van der Waals surface area contributed by atoms with Crippen molar-refractivity contribution in [3.63, 3.8) is 0 Å². The molecular formula is C13H15N3. The predicted octanol–water partition coefficient (Wildman–Crippen LogP) is 2.42. The first kappa shape index (κ1) is 9.58. The Labute approximate surface area is 95.1 Å². The molecule has 16 heavy (non-hydrogen) atoms. The van der Waals surface area contributed by atoms with E-state index in [1.807, 2.05) is 0 Å². The molecule has 1 aliphatic heterocycles. The largest absolute Gasteiger partial charge is 0.386 e. The van der Waals surface area contributed by atoms with E-state index in [9.17, 15) is 0 Å². The van der Waals surface area contributed by atoms with Crippen LogP contribution >= 0.6 is 0 Å². The van der Waals surface area contributed by atoms with Gasteiger partial charge in [0.25, 0.3) is 0 Å². The fourth-order valence-corrected chi connectivity index (χ4v) is 2.06. The lowest BCUT2D eigenvalue weighted by Gasteiger charge is -2.10. The Morgan fingerprint density at radius 1 is 1.12 bits per heavy atom. The number of nitrogens with zero attached hydrogens (tertiary/aromatic N) is 2. The van der Waals surface area contributed by atoms with Crippen LogP contribution < -0.4 is 5.73 Å². The van der Waals surface area contributed by atoms with Gasteiger partial charge in [-0.1, -0.05) is 18.2 Å². The van der Waals surface area contributed by atoms with Gasteiger partial charge in [-0.15, -0.1) is 5.10 Å². The van der Waals surface area contributed by atoms with Crippen molar-refractivity contribution in [1.29, 1.82) is 0 Å². The van der Waals surface area contributed by atoms with Gasteiger partial charge in [0.1, 0.15) is 5.84 Å². The smallest absolute Gasteiger partial charge is 0.122 e. The molecule has 2 N–H and O–H groups in total. The molecule has 0 spiro atoms. The first-order valence-corrected chi connectivity index (χ1v) is 5.82. The average molecular weight is 213 g/mol. The van der Waals surface area contributed by atoms with Gasteiger partial charge in [0.15, 0.2) is 0 Å². The minimum Gasteiger partial charge on any atom is -0.386 e. The molecule has 0 atom stereocenters. The molecule has 1 aromatic rings. The van der Waals surface area contributed by atoms with E-state index in [0.717, 1.165) is 24.5 Å². The van der Waals surface area contributed by atoms with E-state index in [2.05, 4.69) is 34.5 Å². The van der Waals surface area contributed by atoms with Crippen LogP contribution in [0.2, 0.25) is 0 Å². The fraction of sp³-hybridized carbons (Fsp3) is 0.385. The summed E-state index contributed by atoms with van der Waals surface area (Å²) < 4.78 is 0. The van der Waals surface area contributed by atoms with Gasteiger partial charge in [-0.25, -0.2) is 0 Å². The van der Waals surface area contributed by atoms with Gasteiger partial charge in [0.05, 0.1) is 5.71 Å². The van der Waals surface area contributed by atoms with Crippen LogP contribution in [0.3, 0.4) is 0 Å². The molecule has 0 bridgehead atoms. The number of nitrogens with two attached hydrogens (primary N) is 1. The molecule has 2 aliphatic rings. The second-order valence-electron chi connectivity index (χ2n) is 4.54. The first-order chi connectivity index (χ1) is 7.83. The quantitative estimate of drug-likeness (QED) is 0.805. The molecule has 0 aromatic heterocycles. The van der Waals surface area contributed by atoms with Crippen molar-refractivity contribution < 1.29 is 0 Å². The molecular weight excluding hydrogens is 198 g/mol. The highest BCUT2D eigenvalue weighted by Gasteiger charge is 2.23. The third-order valence-electron chi connectivity index (χ3n) is 3.19. The number of benzene rings is 1. The van der Waals surface area contributed by atoms with Gasteiger partial charge < -0.3 is 5.73 Å². The van der Waals surface area contributed by atoms with Gasteiger partial charge in [-0.2, -0.15) is 5.10 Å². The van der Waals surface area contributed by atoms with Gasteiger partial charge >= 0.3 is 0 Å². The van der Waals surface area contributed by atoms with Crippen molar-refractivity contribution in [2.24, 2.45) is 15.9 Å². The highest BCUT2D eigenvalue weighted by atomic mass is 15.2. The molecule has 1 aromatic carbocycles. The second kappa shape index (κ2) is 3.74. The lowest BCUT2D eigenvalue weighted by molar-refractivity contribution is 1.02. The summed E-state index contributed by atoms with van der Waals surface area (Å²) in [5, 5.41) is 8.14. The average Bonchev–Trinajstić information content (AvgIpc) is 3.14. The van der Waals surface area contributed by atoms with Crippen LogP contribution in [0.5, 0.6) is 0 Å². The molecule has 1 heterocycles. The van der Waals surface area contributed by atoms with E-state index in [4.69, 9.17) is 5.73 Å². The van der Waals surface area contributed by atoms with Crippen molar-refractivity contribution in [1.82, 2.24) is 0 Å². The molecule has 1 aliphatic carbocycles. The zero-order valence-electron chi connectivity index (χ0n) is 9.19. The minimum absolute atomic E-state index is 0.641. The molecule has 3 rings (SSSR count).